The Morgan fingerprint density at radius 2 is 1.04 bits per heavy atom. The van der Waals surface area contributed by atoms with Gasteiger partial charge in [0, 0.05) is 37.1 Å². The van der Waals surface area contributed by atoms with Crippen molar-refractivity contribution in [2.75, 3.05) is 4.90 Å². The molecule has 0 saturated heterocycles. The summed E-state index contributed by atoms with van der Waals surface area (Å²) in [6.45, 7) is 0. The molecule has 240 valence electrons. The average molecular weight is 672 g/mol. The van der Waals surface area contributed by atoms with Crippen LogP contribution in [-0.4, -0.2) is 0 Å². The highest BCUT2D eigenvalue weighted by Gasteiger charge is 2.46. The molecule has 1 nitrogen and oxygen atoms in total. The zero-order chi connectivity index (χ0) is 37.3. The zero-order valence-electron chi connectivity index (χ0n) is 31.6. The Hall–Kier alpha value is -6.22. The molecule has 0 saturated carbocycles. The van der Waals surface area contributed by atoms with Gasteiger partial charge in [0.25, 0.3) is 0 Å². The van der Waals surface area contributed by atoms with Crippen LogP contribution in [0.4, 0.5) is 17.1 Å². The summed E-state index contributed by atoms with van der Waals surface area (Å²) in [7, 11) is 0. The van der Waals surface area contributed by atoms with Crippen LogP contribution in [0.2, 0.25) is 0 Å². The van der Waals surface area contributed by atoms with Crippen molar-refractivity contribution < 1.29 is 5.48 Å². The number of benzene rings is 8. The monoisotopic (exact) mass is 671 g/mol. The van der Waals surface area contributed by atoms with E-state index < -0.39 is 5.41 Å². The molecule has 0 amide bonds. The summed E-state index contributed by atoms with van der Waals surface area (Å²) in [6, 6.07) is 60.2. The Morgan fingerprint density at radius 1 is 0.451 bits per heavy atom. The maximum Gasteiger partial charge on any atom is 0.0714 e. The second-order valence-electron chi connectivity index (χ2n) is 13.0. The van der Waals surface area contributed by atoms with Crippen molar-refractivity contribution in [3.05, 3.63) is 222 Å². The summed E-state index contributed by atoms with van der Waals surface area (Å²) >= 11 is 1.75. The maximum atomic E-state index is 9.59. The minimum absolute atomic E-state index is 0.0780. The van der Waals surface area contributed by atoms with Gasteiger partial charge in [0.15, 0.2) is 0 Å². The molecule has 1 aliphatic rings. The van der Waals surface area contributed by atoms with E-state index in [1.807, 2.05) is 30.3 Å². The number of rotatable bonds is 6. The van der Waals surface area contributed by atoms with Crippen LogP contribution in [-0.2, 0) is 5.41 Å². The lowest BCUT2D eigenvalue weighted by Crippen LogP contribution is -2.28. The third kappa shape index (κ3) is 4.61. The number of hydrogen-bond donors (Lipinski definition) is 0. The molecule has 1 aromatic heterocycles. The fourth-order valence-electron chi connectivity index (χ4n) is 8.12. The van der Waals surface area contributed by atoms with Gasteiger partial charge in [-0.15, -0.1) is 11.3 Å². The minimum atomic E-state index is -0.651. The van der Waals surface area contributed by atoms with Crippen LogP contribution < -0.4 is 4.90 Å². The lowest BCUT2D eigenvalue weighted by Gasteiger charge is -2.35. The largest absolute Gasteiger partial charge is 0.310 e. The molecule has 2 heteroatoms. The summed E-state index contributed by atoms with van der Waals surface area (Å²) in [5.74, 6) is 0. The average Bonchev–Trinajstić information content (AvgIpc) is 3.76. The van der Waals surface area contributed by atoms with Gasteiger partial charge in [-0.3, -0.25) is 0 Å². The van der Waals surface area contributed by atoms with Gasteiger partial charge >= 0.3 is 0 Å². The fourth-order valence-corrected chi connectivity index (χ4v) is 9.21. The number of fused-ring (bicyclic) bond motifs is 6. The lowest BCUT2D eigenvalue weighted by atomic mass is 9.67. The predicted molar refractivity (Wildman–Crippen MR) is 217 cm³/mol. The zero-order valence-corrected chi connectivity index (χ0v) is 28.4. The van der Waals surface area contributed by atoms with Gasteiger partial charge in [-0.05, 0) is 81.4 Å². The summed E-state index contributed by atoms with van der Waals surface area (Å²) in [5.41, 5.74) is 9.41. The molecule has 0 spiro atoms. The van der Waals surface area contributed by atoms with Gasteiger partial charge in [-0.1, -0.05) is 158 Å². The summed E-state index contributed by atoms with van der Waals surface area (Å²) in [4.78, 5) is 2.05. The number of anilines is 3. The van der Waals surface area contributed by atoms with Crippen molar-refractivity contribution in [1.82, 2.24) is 0 Å². The van der Waals surface area contributed by atoms with Gasteiger partial charge in [0.1, 0.15) is 0 Å². The third-order valence-corrected chi connectivity index (χ3v) is 11.4. The van der Waals surface area contributed by atoms with Crippen LogP contribution in [0.3, 0.4) is 0 Å². The Balaban J connectivity index is 1.33. The number of hydrogen-bond acceptors (Lipinski definition) is 2. The standard InChI is InChI=1S/C49H33NS/c1-4-16-34(17-5-1)39-22-11-14-26-46(39)50(37-29-31-48-43(32-37)42-24-12-15-27-47(42)51-48)38-28-30-41-40-23-10-13-25-44(40)49(45(41)33-38,35-18-6-2-7-19-35)36-20-8-3-9-21-36/h1-33H/i11D,14D,22D,26D. The van der Waals surface area contributed by atoms with Crippen LogP contribution >= 0.6 is 11.3 Å². The first-order chi connectivity index (χ1) is 27.0. The molecule has 0 unspecified atom stereocenters. The Labute approximate surface area is 308 Å². The van der Waals surface area contributed by atoms with Gasteiger partial charge in [0.05, 0.1) is 16.6 Å². The van der Waals surface area contributed by atoms with Gasteiger partial charge in [0.2, 0.25) is 0 Å². The van der Waals surface area contributed by atoms with E-state index in [9.17, 15) is 2.74 Å². The molecule has 0 bridgehead atoms. The first kappa shape index (κ1) is 25.7. The first-order valence-electron chi connectivity index (χ1n) is 19.2. The summed E-state index contributed by atoms with van der Waals surface area (Å²) in [5, 5.41) is 2.25. The molecule has 0 aliphatic heterocycles. The van der Waals surface area contributed by atoms with Crippen molar-refractivity contribution in [3.63, 3.8) is 0 Å². The van der Waals surface area contributed by atoms with E-state index in [4.69, 9.17) is 2.74 Å². The molecule has 0 fully saturated rings. The Morgan fingerprint density at radius 3 is 1.82 bits per heavy atom. The van der Waals surface area contributed by atoms with E-state index in [0.717, 1.165) is 49.1 Å². The highest BCUT2D eigenvalue weighted by molar-refractivity contribution is 7.25. The van der Waals surface area contributed by atoms with Gasteiger partial charge in [-0.25, -0.2) is 0 Å². The van der Waals surface area contributed by atoms with E-state index in [1.54, 1.807) is 11.3 Å². The molecule has 9 aromatic rings. The quantitative estimate of drug-likeness (QED) is 0.170. The highest BCUT2D eigenvalue weighted by Crippen LogP contribution is 2.57. The van der Waals surface area contributed by atoms with Crippen LogP contribution in [0.15, 0.2) is 200 Å². The molecule has 0 atom stereocenters. The smallest absolute Gasteiger partial charge is 0.0714 e. The topological polar surface area (TPSA) is 3.24 Å². The van der Waals surface area contributed by atoms with Crippen molar-refractivity contribution in [2.24, 2.45) is 0 Å². The molecule has 0 radical (unpaired) electrons. The van der Waals surface area contributed by atoms with Crippen molar-refractivity contribution in [1.29, 1.82) is 0 Å². The van der Waals surface area contributed by atoms with Crippen LogP contribution in [0.5, 0.6) is 0 Å². The number of nitrogens with zero attached hydrogens (tertiary/aromatic N) is 1. The predicted octanol–water partition coefficient (Wildman–Crippen LogP) is 13.6. The SMILES string of the molecule is [2H]c1c([2H])c([2H])c(N(c2ccc3c(c2)C(c2ccccc2)(c2ccccc2)c2ccccc2-3)c2ccc3sc4ccccc4c3c2)c(-c2ccccc2)c1[2H]. The van der Waals surface area contributed by atoms with Crippen LogP contribution in [0.1, 0.15) is 27.7 Å². The molecule has 51 heavy (non-hydrogen) atoms. The molecule has 10 rings (SSSR count). The molecule has 1 aliphatic carbocycles. The molecule has 8 aromatic carbocycles. The molecule has 0 N–H and O–H groups in total. The van der Waals surface area contributed by atoms with Gasteiger partial charge < -0.3 is 4.90 Å². The van der Waals surface area contributed by atoms with Crippen LogP contribution in [0.25, 0.3) is 42.4 Å². The summed E-state index contributed by atoms with van der Waals surface area (Å²) in [6.07, 6.45) is 0. The third-order valence-electron chi connectivity index (χ3n) is 10.3. The van der Waals surface area contributed by atoms with Crippen molar-refractivity contribution >= 4 is 48.6 Å². The van der Waals surface area contributed by atoms with E-state index >= 15 is 0 Å². The van der Waals surface area contributed by atoms with E-state index in [2.05, 4.69) is 150 Å². The first-order valence-corrected chi connectivity index (χ1v) is 18.0. The second-order valence-corrected chi connectivity index (χ2v) is 14.0. The molecule has 1 heterocycles. The normalized spacial score (nSPS) is 14.0. The second kappa shape index (κ2) is 12.0. The lowest BCUT2D eigenvalue weighted by molar-refractivity contribution is 0.768. The van der Waals surface area contributed by atoms with E-state index in [1.165, 1.54) is 15.8 Å². The Kier molecular flexibility index (Phi) is 6.04. The Bertz CT molecular complexity index is 2880. The van der Waals surface area contributed by atoms with E-state index in [0.29, 0.717) is 16.8 Å². The van der Waals surface area contributed by atoms with Gasteiger partial charge in [-0.2, -0.15) is 0 Å². The fraction of sp³-hybridized carbons (Fsp3) is 0.0204. The maximum absolute atomic E-state index is 9.59. The number of thiophene rings is 1. The van der Waals surface area contributed by atoms with E-state index in [-0.39, 0.29) is 24.2 Å². The molecular weight excluding hydrogens is 635 g/mol. The van der Waals surface area contributed by atoms with Crippen LogP contribution in [0, 0.1) is 0 Å². The number of para-hydroxylation sites is 1. The van der Waals surface area contributed by atoms with Crippen molar-refractivity contribution in [3.8, 4) is 22.3 Å². The summed E-state index contributed by atoms with van der Waals surface area (Å²) < 4.78 is 39.1. The molecular formula is C49H33NS. The van der Waals surface area contributed by atoms with Crippen molar-refractivity contribution in [2.45, 2.75) is 5.41 Å². The minimum Gasteiger partial charge on any atom is -0.310 e. The highest BCUT2D eigenvalue weighted by atomic mass is 32.1.